The third-order valence-corrected chi connectivity index (χ3v) is 4.52. The number of ether oxygens (including phenoxy) is 2. The Labute approximate surface area is 202 Å². The van der Waals surface area contributed by atoms with Crippen LogP contribution in [0.3, 0.4) is 0 Å². The number of guanidine groups is 1. The van der Waals surface area contributed by atoms with Crippen molar-refractivity contribution in [3.63, 3.8) is 0 Å². The van der Waals surface area contributed by atoms with E-state index in [1.165, 1.54) is 0 Å². The molecule has 0 fully saturated rings. The summed E-state index contributed by atoms with van der Waals surface area (Å²) in [6, 6.07) is 13.5. The van der Waals surface area contributed by atoms with Crippen molar-refractivity contribution < 1.29 is 14.3 Å². The second-order valence-corrected chi connectivity index (χ2v) is 6.92. The molecular formula is C23H33IN4O3. The molecule has 2 N–H and O–H groups in total. The van der Waals surface area contributed by atoms with Gasteiger partial charge in [-0.3, -0.25) is 4.79 Å². The van der Waals surface area contributed by atoms with Crippen molar-refractivity contribution in [1.82, 2.24) is 15.5 Å². The molecule has 0 aliphatic carbocycles. The summed E-state index contributed by atoms with van der Waals surface area (Å²) in [6.45, 7) is 3.94. The van der Waals surface area contributed by atoms with Crippen LogP contribution in [-0.2, 0) is 13.0 Å². The van der Waals surface area contributed by atoms with Gasteiger partial charge in [-0.05, 0) is 37.1 Å². The van der Waals surface area contributed by atoms with Crippen molar-refractivity contribution in [2.45, 2.75) is 19.9 Å². The first kappa shape index (κ1) is 26.5. The largest absolute Gasteiger partial charge is 0.493 e. The molecule has 0 saturated carbocycles. The summed E-state index contributed by atoms with van der Waals surface area (Å²) in [7, 11) is 6.77. The number of nitrogens with one attached hydrogen (secondary N) is 2. The minimum absolute atomic E-state index is 0. The maximum Gasteiger partial charge on any atom is 0.253 e. The number of nitrogens with zero attached hydrogens (tertiary/aromatic N) is 2. The Morgan fingerprint density at radius 1 is 1.06 bits per heavy atom. The SMILES string of the molecule is CCNC(=NCc1cccc(OC)c1OC)NCCc1cccc(C(=O)N(C)C)c1.I. The Balaban J connectivity index is 0.00000480. The number of carbonyl (C=O) groups is 1. The van der Waals surface area contributed by atoms with E-state index in [1.54, 1.807) is 33.2 Å². The number of hydrogen-bond acceptors (Lipinski definition) is 4. The van der Waals surface area contributed by atoms with Crippen LogP contribution in [0, 0.1) is 0 Å². The average Bonchev–Trinajstić information content (AvgIpc) is 2.76. The van der Waals surface area contributed by atoms with Crippen molar-refractivity contribution in [3.8, 4) is 11.5 Å². The van der Waals surface area contributed by atoms with Gasteiger partial charge >= 0.3 is 0 Å². The van der Waals surface area contributed by atoms with E-state index in [9.17, 15) is 4.79 Å². The minimum atomic E-state index is 0. The zero-order valence-electron chi connectivity index (χ0n) is 18.9. The molecule has 0 aliphatic rings. The zero-order chi connectivity index (χ0) is 21.9. The van der Waals surface area contributed by atoms with Gasteiger partial charge in [0.2, 0.25) is 0 Å². The van der Waals surface area contributed by atoms with E-state index in [4.69, 9.17) is 9.47 Å². The van der Waals surface area contributed by atoms with Gasteiger partial charge in [0, 0.05) is 38.3 Å². The fourth-order valence-corrected chi connectivity index (χ4v) is 3.03. The summed E-state index contributed by atoms with van der Waals surface area (Å²) < 4.78 is 10.8. The van der Waals surface area contributed by atoms with Gasteiger partial charge in [-0.15, -0.1) is 24.0 Å². The smallest absolute Gasteiger partial charge is 0.253 e. The van der Waals surface area contributed by atoms with Gasteiger partial charge in [-0.25, -0.2) is 4.99 Å². The number of amides is 1. The van der Waals surface area contributed by atoms with Crippen molar-refractivity contribution in [1.29, 1.82) is 0 Å². The molecule has 0 unspecified atom stereocenters. The number of aliphatic imine (C=N–C) groups is 1. The van der Waals surface area contributed by atoms with E-state index in [2.05, 4.69) is 15.6 Å². The molecule has 0 radical (unpaired) electrons. The van der Waals surface area contributed by atoms with Crippen LogP contribution in [0.25, 0.3) is 0 Å². The quantitative estimate of drug-likeness (QED) is 0.290. The van der Waals surface area contributed by atoms with Crippen LogP contribution in [0.1, 0.15) is 28.4 Å². The fraction of sp³-hybridized carbons (Fsp3) is 0.391. The third-order valence-electron chi connectivity index (χ3n) is 4.52. The first-order valence-corrected chi connectivity index (χ1v) is 10.0. The monoisotopic (exact) mass is 540 g/mol. The van der Waals surface area contributed by atoms with E-state index in [0.29, 0.717) is 30.2 Å². The minimum Gasteiger partial charge on any atom is -0.493 e. The number of benzene rings is 2. The lowest BCUT2D eigenvalue weighted by molar-refractivity contribution is 0.0827. The number of carbonyl (C=O) groups excluding carboxylic acids is 1. The maximum atomic E-state index is 12.1. The predicted molar refractivity (Wildman–Crippen MR) is 136 cm³/mol. The van der Waals surface area contributed by atoms with Gasteiger partial charge in [-0.1, -0.05) is 24.3 Å². The first-order chi connectivity index (χ1) is 14.5. The number of rotatable bonds is 9. The van der Waals surface area contributed by atoms with Gasteiger partial charge in [0.15, 0.2) is 17.5 Å². The molecule has 8 heteroatoms. The van der Waals surface area contributed by atoms with Gasteiger partial charge in [-0.2, -0.15) is 0 Å². The molecule has 2 rings (SSSR count). The third kappa shape index (κ3) is 7.93. The van der Waals surface area contributed by atoms with Crippen LogP contribution in [0.15, 0.2) is 47.5 Å². The molecule has 0 saturated heterocycles. The first-order valence-electron chi connectivity index (χ1n) is 10.0. The Morgan fingerprint density at radius 3 is 2.45 bits per heavy atom. The summed E-state index contributed by atoms with van der Waals surface area (Å²) in [5, 5.41) is 6.60. The van der Waals surface area contributed by atoms with Gasteiger partial charge in [0.05, 0.1) is 20.8 Å². The van der Waals surface area contributed by atoms with Crippen LogP contribution in [0.2, 0.25) is 0 Å². The fourth-order valence-electron chi connectivity index (χ4n) is 3.03. The lowest BCUT2D eigenvalue weighted by atomic mass is 10.1. The highest BCUT2D eigenvalue weighted by Gasteiger charge is 2.10. The molecule has 170 valence electrons. The second-order valence-electron chi connectivity index (χ2n) is 6.92. The molecule has 31 heavy (non-hydrogen) atoms. The summed E-state index contributed by atoms with van der Waals surface area (Å²) >= 11 is 0. The lowest BCUT2D eigenvalue weighted by Gasteiger charge is -2.14. The highest BCUT2D eigenvalue weighted by atomic mass is 127. The van der Waals surface area contributed by atoms with Crippen molar-refractivity contribution in [2.75, 3.05) is 41.4 Å². The molecule has 1 amide bonds. The van der Waals surface area contributed by atoms with Gasteiger partial charge in [0.1, 0.15) is 0 Å². The van der Waals surface area contributed by atoms with Gasteiger partial charge in [0.25, 0.3) is 5.91 Å². The van der Waals surface area contributed by atoms with Crippen molar-refractivity contribution in [3.05, 3.63) is 59.2 Å². The Morgan fingerprint density at radius 2 is 1.81 bits per heavy atom. The molecule has 0 spiro atoms. The van der Waals surface area contributed by atoms with Crippen LogP contribution in [-0.4, -0.2) is 58.2 Å². The topological polar surface area (TPSA) is 75.2 Å². The summed E-state index contributed by atoms with van der Waals surface area (Å²) in [6.07, 6.45) is 0.779. The highest BCUT2D eigenvalue weighted by Crippen LogP contribution is 2.31. The second kappa shape index (κ2) is 13.7. The number of halogens is 1. The van der Waals surface area contributed by atoms with Crippen LogP contribution in [0.5, 0.6) is 11.5 Å². The Kier molecular flexibility index (Phi) is 11.8. The van der Waals surface area contributed by atoms with Crippen LogP contribution in [0.4, 0.5) is 0 Å². The summed E-state index contributed by atoms with van der Waals surface area (Å²) in [4.78, 5) is 18.4. The van der Waals surface area contributed by atoms with Crippen LogP contribution < -0.4 is 20.1 Å². The summed E-state index contributed by atoms with van der Waals surface area (Å²) in [5.74, 6) is 2.12. The van der Waals surface area contributed by atoms with E-state index in [1.807, 2.05) is 49.4 Å². The van der Waals surface area contributed by atoms with Crippen LogP contribution >= 0.6 is 24.0 Å². The molecule has 7 nitrogen and oxygen atoms in total. The highest BCUT2D eigenvalue weighted by molar-refractivity contribution is 14.0. The summed E-state index contributed by atoms with van der Waals surface area (Å²) in [5.41, 5.74) is 2.74. The van der Waals surface area contributed by atoms with Crippen molar-refractivity contribution >= 4 is 35.8 Å². The zero-order valence-corrected chi connectivity index (χ0v) is 21.2. The normalized spacial score (nSPS) is 10.7. The molecular weight excluding hydrogens is 507 g/mol. The van der Waals surface area contributed by atoms with E-state index >= 15 is 0 Å². The van der Waals surface area contributed by atoms with E-state index in [-0.39, 0.29) is 29.9 Å². The maximum absolute atomic E-state index is 12.1. The molecule has 0 atom stereocenters. The molecule has 0 aromatic heterocycles. The van der Waals surface area contributed by atoms with Crippen molar-refractivity contribution in [2.24, 2.45) is 4.99 Å². The Bertz CT molecular complexity index is 872. The van der Waals surface area contributed by atoms with E-state index < -0.39 is 0 Å². The molecule has 0 bridgehead atoms. The number of hydrogen-bond donors (Lipinski definition) is 2. The Hall–Kier alpha value is -2.49. The van der Waals surface area contributed by atoms with E-state index in [0.717, 1.165) is 30.1 Å². The lowest BCUT2D eigenvalue weighted by Crippen LogP contribution is -2.38. The standard InChI is InChI=1S/C23H32N4O3.HI/c1-6-24-23(26-16-19-11-8-12-20(29-4)21(19)30-5)25-14-13-17-9-7-10-18(15-17)22(28)27(2)3;/h7-12,15H,6,13-14,16H2,1-5H3,(H2,24,25,26);1H. The molecule has 0 aliphatic heterocycles. The predicted octanol–water partition coefficient (Wildman–Crippen LogP) is 3.32. The average molecular weight is 540 g/mol. The van der Waals surface area contributed by atoms with Gasteiger partial charge < -0.3 is 25.0 Å². The molecule has 2 aromatic carbocycles. The molecule has 0 heterocycles. The number of methoxy groups -OCH3 is 2. The number of para-hydroxylation sites is 1. The molecule has 2 aromatic rings.